The summed E-state index contributed by atoms with van der Waals surface area (Å²) in [7, 11) is 0. The molecule has 0 aromatic heterocycles. The summed E-state index contributed by atoms with van der Waals surface area (Å²) in [6, 6.07) is 2.37. The van der Waals surface area contributed by atoms with Crippen molar-refractivity contribution >= 4 is 34.6 Å². The van der Waals surface area contributed by atoms with Gasteiger partial charge in [-0.3, -0.25) is 24.8 Å². The third-order valence-electron chi connectivity index (χ3n) is 3.38. The van der Waals surface area contributed by atoms with E-state index in [0.29, 0.717) is 23.2 Å². The number of amidine groups is 1. The number of aromatic hydroxyl groups is 1. The molecule has 0 atom stereocenters. The summed E-state index contributed by atoms with van der Waals surface area (Å²) < 4.78 is 5.25. The average molecular weight is 365 g/mol. The quantitative estimate of drug-likeness (QED) is 0.472. The van der Waals surface area contributed by atoms with Gasteiger partial charge in [0.15, 0.2) is 16.7 Å². The number of rotatable bonds is 6. The van der Waals surface area contributed by atoms with Gasteiger partial charge in [0.1, 0.15) is 0 Å². The molecule has 8 nitrogen and oxygen atoms in total. The normalized spacial score (nSPS) is 17.6. The first-order chi connectivity index (χ1) is 11.9. The van der Waals surface area contributed by atoms with E-state index >= 15 is 0 Å². The zero-order chi connectivity index (χ0) is 18.6. The monoisotopic (exact) mass is 365 g/mol. The number of non-ortho nitro benzene ring substituents is 1. The Kier molecular flexibility index (Phi) is 6.02. The van der Waals surface area contributed by atoms with Crippen LogP contribution in [0, 0.1) is 10.1 Å². The minimum Gasteiger partial charge on any atom is -0.504 e. The van der Waals surface area contributed by atoms with E-state index in [-0.39, 0.29) is 35.3 Å². The molecule has 2 rings (SSSR count). The number of phenols is 1. The largest absolute Gasteiger partial charge is 0.504 e. The van der Waals surface area contributed by atoms with Crippen LogP contribution in [0.4, 0.5) is 5.69 Å². The molecule has 1 aliphatic rings. The van der Waals surface area contributed by atoms with Crippen LogP contribution >= 0.6 is 11.8 Å². The maximum atomic E-state index is 12.5. The van der Waals surface area contributed by atoms with Gasteiger partial charge in [0, 0.05) is 24.7 Å². The highest BCUT2D eigenvalue weighted by Crippen LogP contribution is 2.39. The number of carbonyl (C=O) groups excluding carboxylic acids is 1. The number of hydrogen-bond acceptors (Lipinski definition) is 7. The van der Waals surface area contributed by atoms with E-state index in [9.17, 15) is 20.0 Å². The molecule has 134 valence electrons. The van der Waals surface area contributed by atoms with Gasteiger partial charge in [-0.15, -0.1) is 0 Å². The second kappa shape index (κ2) is 8.02. The number of thioether (sulfide) groups is 1. The molecule has 0 radical (unpaired) electrons. The fraction of sp³-hybridized carbons (Fsp3) is 0.375. The SMILES string of the molecule is CCN=C1S/C(=C\c2cc([N+](=O)[O-])cc(OCC)c2O)C(=O)N1CC. The molecule has 1 aromatic rings. The van der Waals surface area contributed by atoms with Gasteiger partial charge in [-0.2, -0.15) is 0 Å². The Labute approximate surface area is 149 Å². The van der Waals surface area contributed by atoms with Crippen molar-refractivity contribution in [1.82, 2.24) is 4.90 Å². The first-order valence-corrected chi connectivity index (χ1v) is 8.64. The molecule has 1 heterocycles. The van der Waals surface area contributed by atoms with E-state index in [1.807, 2.05) is 13.8 Å². The number of nitrogens with zero attached hydrogens (tertiary/aromatic N) is 3. The molecule has 1 aliphatic heterocycles. The lowest BCUT2D eigenvalue weighted by Gasteiger charge is -2.11. The summed E-state index contributed by atoms with van der Waals surface area (Å²) in [5, 5.41) is 22.0. The molecule has 1 aromatic carbocycles. The topological polar surface area (TPSA) is 105 Å². The third kappa shape index (κ3) is 3.93. The lowest BCUT2D eigenvalue weighted by molar-refractivity contribution is -0.385. The zero-order valence-corrected chi connectivity index (χ0v) is 15.0. The molecule has 1 N–H and O–H groups in total. The maximum Gasteiger partial charge on any atom is 0.274 e. The molecule has 1 amide bonds. The van der Waals surface area contributed by atoms with Crippen LogP contribution in [0.15, 0.2) is 22.0 Å². The Morgan fingerprint density at radius 1 is 1.40 bits per heavy atom. The van der Waals surface area contributed by atoms with Crippen molar-refractivity contribution in [1.29, 1.82) is 0 Å². The number of aliphatic imine (C=N–C) groups is 1. The Hall–Kier alpha value is -2.55. The number of likely N-dealkylation sites (N-methyl/N-ethyl adjacent to an activating group) is 1. The van der Waals surface area contributed by atoms with Crippen LogP contribution < -0.4 is 4.74 Å². The van der Waals surface area contributed by atoms with Crippen molar-refractivity contribution in [3.63, 3.8) is 0 Å². The van der Waals surface area contributed by atoms with Gasteiger partial charge in [-0.25, -0.2) is 0 Å². The number of carbonyl (C=O) groups is 1. The van der Waals surface area contributed by atoms with Crippen molar-refractivity contribution in [2.75, 3.05) is 19.7 Å². The van der Waals surface area contributed by atoms with Gasteiger partial charge in [-0.05, 0) is 38.6 Å². The van der Waals surface area contributed by atoms with Crippen molar-refractivity contribution in [3.05, 3.63) is 32.7 Å². The summed E-state index contributed by atoms with van der Waals surface area (Å²) in [5.74, 6) is -0.477. The lowest BCUT2D eigenvalue weighted by Crippen LogP contribution is -2.28. The molecule has 0 spiro atoms. The zero-order valence-electron chi connectivity index (χ0n) is 14.2. The summed E-state index contributed by atoms with van der Waals surface area (Å²) in [6.45, 7) is 6.66. The summed E-state index contributed by atoms with van der Waals surface area (Å²) in [5.41, 5.74) is -0.0688. The molecule has 1 fully saturated rings. The van der Waals surface area contributed by atoms with Gasteiger partial charge >= 0.3 is 0 Å². The standard InChI is InChI=1S/C16H19N3O5S/c1-4-17-16-18(5-2)15(21)13(25-16)8-10-7-11(19(22)23)9-12(14(10)20)24-6-3/h7-9,20H,4-6H2,1-3H3/b13-8-,17-16?. The highest BCUT2D eigenvalue weighted by atomic mass is 32.2. The first kappa shape index (κ1) is 18.8. The van der Waals surface area contributed by atoms with Crippen molar-refractivity contribution in [3.8, 4) is 11.5 Å². The van der Waals surface area contributed by atoms with Crippen LogP contribution in [0.5, 0.6) is 11.5 Å². The number of nitro groups is 1. The van der Waals surface area contributed by atoms with E-state index in [4.69, 9.17) is 4.74 Å². The highest BCUT2D eigenvalue weighted by molar-refractivity contribution is 8.18. The predicted octanol–water partition coefficient (Wildman–Crippen LogP) is 3.01. The van der Waals surface area contributed by atoms with Gasteiger partial charge in [0.05, 0.1) is 22.5 Å². The number of benzene rings is 1. The van der Waals surface area contributed by atoms with Crippen LogP contribution in [0.1, 0.15) is 26.3 Å². The minimum absolute atomic E-state index is 0.00814. The number of hydrogen-bond donors (Lipinski definition) is 1. The number of nitro benzene ring substituents is 1. The summed E-state index contributed by atoms with van der Waals surface area (Å²) in [4.78, 5) is 29.2. The fourth-order valence-corrected chi connectivity index (χ4v) is 3.37. The first-order valence-electron chi connectivity index (χ1n) is 7.82. The lowest BCUT2D eigenvalue weighted by atomic mass is 10.1. The van der Waals surface area contributed by atoms with E-state index in [0.717, 1.165) is 6.07 Å². The molecule has 1 saturated heterocycles. The molecule has 25 heavy (non-hydrogen) atoms. The van der Waals surface area contributed by atoms with Gasteiger partial charge in [0.25, 0.3) is 11.6 Å². The van der Waals surface area contributed by atoms with Crippen LogP contribution in [0.3, 0.4) is 0 Å². The minimum atomic E-state index is -0.574. The second-order valence-electron chi connectivity index (χ2n) is 4.99. The predicted molar refractivity (Wildman–Crippen MR) is 96.9 cm³/mol. The number of phenolic OH excluding ortho intramolecular Hbond substituents is 1. The molecular weight excluding hydrogens is 346 g/mol. The molecule has 0 unspecified atom stereocenters. The Bertz CT molecular complexity index is 760. The summed E-state index contributed by atoms with van der Waals surface area (Å²) >= 11 is 1.18. The van der Waals surface area contributed by atoms with E-state index in [1.54, 1.807) is 6.92 Å². The smallest absolute Gasteiger partial charge is 0.274 e. The van der Waals surface area contributed by atoms with Gasteiger partial charge < -0.3 is 9.84 Å². The Morgan fingerprint density at radius 2 is 2.12 bits per heavy atom. The number of amides is 1. The van der Waals surface area contributed by atoms with Crippen molar-refractivity contribution < 1.29 is 19.6 Å². The van der Waals surface area contributed by atoms with Crippen molar-refractivity contribution in [2.24, 2.45) is 4.99 Å². The second-order valence-corrected chi connectivity index (χ2v) is 6.00. The van der Waals surface area contributed by atoms with Crippen LogP contribution in [-0.4, -0.2) is 45.7 Å². The Balaban J connectivity index is 2.51. The molecule has 0 saturated carbocycles. The van der Waals surface area contributed by atoms with Crippen LogP contribution in [-0.2, 0) is 4.79 Å². The van der Waals surface area contributed by atoms with E-state index in [1.165, 1.54) is 28.8 Å². The van der Waals surface area contributed by atoms with Crippen molar-refractivity contribution in [2.45, 2.75) is 20.8 Å². The van der Waals surface area contributed by atoms with Gasteiger partial charge in [0.2, 0.25) is 0 Å². The summed E-state index contributed by atoms with van der Waals surface area (Å²) in [6.07, 6.45) is 1.43. The fourth-order valence-electron chi connectivity index (χ4n) is 2.28. The number of ether oxygens (including phenoxy) is 1. The molecule has 0 aliphatic carbocycles. The average Bonchev–Trinajstić information content (AvgIpc) is 2.86. The van der Waals surface area contributed by atoms with E-state index < -0.39 is 4.92 Å². The van der Waals surface area contributed by atoms with Crippen LogP contribution in [0.2, 0.25) is 0 Å². The van der Waals surface area contributed by atoms with Gasteiger partial charge in [-0.1, -0.05) is 0 Å². The molecular formula is C16H19N3O5S. The maximum absolute atomic E-state index is 12.5. The molecule has 0 bridgehead atoms. The van der Waals surface area contributed by atoms with Crippen LogP contribution in [0.25, 0.3) is 6.08 Å². The highest BCUT2D eigenvalue weighted by Gasteiger charge is 2.32. The van der Waals surface area contributed by atoms with E-state index in [2.05, 4.69) is 4.99 Å². The Morgan fingerprint density at radius 3 is 2.68 bits per heavy atom. The third-order valence-corrected chi connectivity index (χ3v) is 4.43. The molecule has 9 heteroatoms.